The minimum absolute atomic E-state index is 0.0368. The van der Waals surface area contributed by atoms with Crippen molar-refractivity contribution < 1.29 is 18.0 Å². The zero-order valence-corrected chi connectivity index (χ0v) is 18.6. The van der Waals surface area contributed by atoms with E-state index < -0.39 is 17.6 Å². The topological polar surface area (TPSA) is 44.4 Å². The molecule has 0 atom stereocenters. The summed E-state index contributed by atoms with van der Waals surface area (Å²) in [6.45, 7) is 14.5. The lowest BCUT2D eigenvalue weighted by Gasteiger charge is -2.32. The molecule has 1 saturated heterocycles. The van der Waals surface area contributed by atoms with E-state index in [4.69, 9.17) is 11.6 Å². The predicted octanol–water partition coefficient (Wildman–Crippen LogP) is 4.95. The van der Waals surface area contributed by atoms with Crippen molar-refractivity contribution in [3.05, 3.63) is 46.6 Å². The monoisotopic (exact) mass is 445 g/mol. The van der Waals surface area contributed by atoms with E-state index in [1.165, 1.54) is 6.07 Å². The molecule has 2 N–H and O–H groups in total. The number of likely N-dealkylation sites (tertiary alicyclic amines) is 1. The van der Waals surface area contributed by atoms with Gasteiger partial charge in [-0.2, -0.15) is 13.2 Å². The molecular weight excluding hydrogens is 415 g/mol. The molecular formula is C22H31ClF3N3O. The van der Waals surface area contributed by atoms with E-state index in [0.29, 0.717) is 12.5 Å². The fourth-order valence-corrected chi connectivity index (χ4v) is 3.50. The number of rotatable bonds is 7. The molecule has 8 heteroatoms. The van der Waals surface area contributed by atoms with Gasteiger partial charge in [0.05, 0.1) is 5.56 Å². The normalized spacial score (nSPS) is 16.4. The van der Waals surface area contributed by atoms with E-state index in [2.05, 4.69) is 42.9 Å². The third kappa shape index (κ3) is 7.51. The Hall–Kier alpha value is -1.73. The van der Waals surface area contributed by atoms with Crippen molar-refractivity contribution in [2.75, 3.05) is 32.7 Å². The summed E-state index contributed by atoms with van der Waals surface area (Å²) in [6, 6.07) is 2.91. The number of allylic oxidation sites excluding steroid dienone is 1. The Morgan fingerprint density at radius 3 is 2.37 bits per heavy atom. The number of benzene rings is 1. The van der Waals surface area contributed by atoms with E-state index in [-0.39, 0.29) is 16.0 Å². The van der Waals surface area contributed by atoms with Crippen LogP contribution < -0.4 is 10.6 Å². The fourth-order valence-electron chi connectivity index (χ4n) is 3.27. The molecule has 1 aliphatic heterocycles. The molecule has 1 amide bonds. The molecule has 30 heavy (non-hydrogen) atoms. The number of carbonyl (C=O) groups is 1. The Balaban J connectivity index is 1.75. The van der Waals surface area contributed by atoms with Crippen LogP contribution in [0, 0.1) is 11.3 Å². The number of hydrogen-bond donors (Lipinski definition) is 2. The molecule has 1 fully saturated rings. The maximum atomic E-state index is 12.9. The Morgan fingerprint density at radius 2 is 1.80 bits per heavy atom. The average molecular weight is 446 g/mol. The fraction of sp³-hybridized carbons (Fsp3) is 0.591. The van der Waals surface area contributed by atoms with Gasteiger partial charge >= 0.3 is 6.18 Å². The summed E-state index contributed by atoms with van der Waals surface area (Å²) in [5.41, 5.74) is 0.0677. The SMILES string of the molecule is C=C(NCCN1CCC(CNC(=O)c2cc(Cl)cc(C(F)(F)F)c2)CC1)C(C)(C)C. The Bertz CT molecular complexity index is 751. The summed E-state index contributed by atoms with van der Waals surface area (Å²) in [5, 5.41) is 6.03. The summed E-state index contributed by atoms with van der Waals surface area (Å²) in [6.07, 6.45) is -2.67. The molecule has 0 bridgehead atoms. The highest BCUT2D eigenvalue weighted by atomic mass is 35.5. The van der Waals surface area contributed by atoms with Crippen molar-refractivity contribution in [2.45, 2.75) is 39.8 Å². The van der Waals surface area contributed by atoms with Gasteiger partial charge in [0.2, 0.25) is 0 Å². The summed E-state index contributed by atoms with van der Waals surface area (Å²) in [5.74, 6) is -0.223. The number of carbonyl (C=O) groups excluding carboxylic acids is 1. The lowest BCUT2D eigenvalue weighted by atomic mass is 9.93. The van der Waals surface area contributed by atoms with Crippen LogP contribution in [0.15, 0.2) is 30.5 Å². The molecule has 0 radical (unpaired) electrons. The van der Waals surface area contributed by atoms with E-state index in [9.17, 15) is 18.0 Å². The highest BCUT2D eigenvalue weighted by Gasteiger charge is 2.31. The van der Waals surface area contributed by atoms with E-state index in [1.54, 1.807) is 0 Å². The van der Waals surface area contributed by atoms with Crippen LogP contribution in [-0.2, 0) is 6.18 Å². The minimum atomic E-state index is -4.54. The van der Waals surface area contributed by atoms with Gasteiger partial charge in [-0.15, -0.1) is 0 Å². The van der Waals surface area contributed by atoms with E-state index in [1.807, 2.05) is 0 Å². The third-order valence-electron chi connectivity index (χ3n) is 5.42. The molecule has 0 aliphatic carbocycles. The van der Waals surface area contributed by atoms with Crippen molar-refractivity contribution >= 4 is 17.5 Å². The standard InChI is InChI=1S/C22H31ClF3N3O/c1-15(21(2,3)4)27-7-10-29-8-5-16(6-9-29)14-28-20(30)17-11-18(22(24,25)26)13-19(23)12-17/h11-13,16,27H,1,5-10,14H2,2-4H3,(H,28,30). The Labute approximate surface area is 181 Å². The second-order valence-corrected chi connectivity index (χ2v) is 9.31. The van der Waals surface area contributed by atoms with Gasteiger partial charge in [-0.1, -0.05) is 39.0 Å². The quantitative estimate of drug-likeness (QED) is 0.624. The van der Waals surface area contributed by atoms with Crippen LogP contribution >= 0.6 is 11.6 Å². The van der Waals surface area contributed by atoms with Crippen molar-refractivity contribution in [1.82, 2.24) is 15.5 Å². The number of nitrogens with zero attached hydrogens (tertiary/aromatic N) is 1. The Kier molecular flexibility index (Phi) is 8.22. The molecule has 0 aromatic heterocycles. The van der Waals surface area contributed by atoms with Crippen LogP contribution in [0.25, 0.3) is 0 Å². The van der Waals surface area contributed by atoms with Gasteiger partial charge in [0.15, 0.2) is 0 Å². The van der Waals surface area contributed by atoms with Gasteiger partial charge in [-0.25, -0.2) is 0 Å². The smallest absolute Gasteiger partial charge is 0.387 e. The van der Waals surface area contributed by atoms with E-state index >= 15 is 0 Å². The largest absolute Gasteiger partial charge is 0.416 e. The molecule has 168 valence electrons. The molecule has 1 aromatic rings. The van der Waals surface area contributed by atoms with Crippen LogP contribution in [0.3, 0.4) is 0 Å². The van der Waals surface area contributed by atoms with Gasteiger partial charge in [-0.3, -0.25) is 4.79 Å². The van der Waals surface area contributed by atoms with Crippen molar-refractivity contribution in [3.8, 4) is 0 Å². The molecule has 1 heterocycles. The second kappa shape index (κ2) is 10.1. The molecule has 2 rings (SSSR count). The summed E-state index contributed by atoms with van der Waals surface area (Å²) < 4.78 is 38.7. The molecule has 0 saturated carbocycles. The first-order chi connectivity index (χ1) is 13.9. The average Bonchev–Trinajstić information content (AvgIpc) is 2.65. The lowest BCUT2D eigenvalue weighted by molar-refractivity contribution is -0.137. The maximum Gasteiger partial charge on any atom is 0.416 e. The number of nitrogens with one attached hydrogen (secondary N) is 2. The summed E-state index contributed by atoms with van der Waals surface area (Å²) in [7, 11) is 0. The summed E-state index contributed by atoms with van der Waals surface area (Å²) >= 11 is 5.75. The third-order valence-corrected chi connectivity index (χ3v) is 5.64. The zero-order valence-electron chi connectivity index (χ0n) is 17.8. The number of alkyl halides is 3. The highest BCUT2D eigenvalue weighted by Crippen LogP contribution is 2.32. The zero-order chi connectivity index (χ0) is 22.5. The predicted molar refractivity (Wildman–Crippen MR) is 115 cm³/mol. The van der Waals surface area contributed by atoms with Gasteiger partial charge in [0.25, 0.3) is 5.91 Å². The van der Waals surface area contributed by atoms with Gasteiger partial charge in [0, 0.05) is 41.3 Å². The van der Waals surface area contributed by atoms with Gasteiger partial charge in [0.1, 0.15) is 0 Å². The number of hydrogen-bond acceptors (Lipinski definition) is 3. The van der Waals surface area contributed by atoms with Crippen LogP contribution in [0.4, 0.5) is 13.2 Å². The molecule has 0 unspecified atom stereocenters. The number of piperidine rings is 1. The molecule has 1 aromatic carbocycles. The molecule has 1 aliphatic rings. The Morgan fingerprint density at radius 1 is 1.17 bits per heavy atom. The molecule has 0 spiro atoms. The first kappa shape index (κ1) is 24.5. The van der Waals surface area contributed by atoms with Crippen LogP contribution in [-0.4, -0.2) is 43.5 Å². The number of halogens is 4. The van der Waals surface area contributed by atoms with Crippen molar-refractivity contribution in [1.29, 1.82) is 0 Å². The first-order valence-corrected chi connectivity index (χ1v) is 10.6. The van der Waals surface area contributed by atoms with Gasteiger partial charge in [-0.05, 0) is 50.0 Å². The second-order valence-electron chi connectivity index (χ2n) is 8.88. The van der Waals surface area contributed by atoms with Crippen LogP contribution in [0.1, 0.15) is 49.5 Å². The van der Waals surface area contributed by atoms with Crippen molar-refractivity contribution in [2.24, 2.45) is 11.3 Å². The van der Waals surface area contributed by atoms with Crippen molar-refractivity contribution in [3.63, 3.8) is 0 Å². The first-order valence-electron chi connectivity index (χ1n) is 10.2. The van der Waals surface area contributed by atoms with Gasteiger partial charge < -0.3 is 15.5 Å². The van der Waals surface area contributed by atoms with E-state index in [0.717, 1.165) is 56.9 Å². The van der Waals surface area contributed by atoms with Crippen LogP contribution in [0.5, 0.6) is 0 Å². The highest BCUT2D eigenvalue weighted by molar-refractivity contribution is 6.31. The minimum Gasteiger partial charge on any atom is -0.387 e. The number of amides is 1. The molecule has 4 nitrogen and oxygen atoms in total. The maximum absolute atomic E-state index is 12.9. The van der Waals surface area contributed by atoms with Crippen LogP contribution in [0.2, 0.25) is 5.02 Å². The lowest BCUT2D eigenvalue weighted by Crippen LogP contribution is -2.41. The summed E-state index contributed by atoms with van der Waals surface area (Å²) in [4.78, 5) is 14.7.